The van der Waals surface area contributed by atoms with E-state index in [4.69, 9.17) is 4.74 Å². The highest BCUT2D eigenvalue weighted by atomic mass is 32.1. The third kappa shape index (κ3) is 3.67. The van der Waals surface area contributed by atoms with Crippen LogP contribution >= 0.6 is 11.3 Å². The van der Waals surface area contributed by atoms with Gasteiger partial charge in [0, 0.05) is 15.9 Å². The van der Waals surface area contributed by atoms with E-state index in [1.54, 1.807) is 18.3 Å². The summed E-state index contributed by atoms with van der Waals surface area (Å²) >= 11 is 1.62. The highest BCUT2D eigenvalue weighted by Gasteiger charge is 2.24. The Hall–Kier alpha value is -2.14. The average Bonchev–Trinajstić information content (AvgIpc) is 2.99. The van der Waals surface area contributed by atoms with E-state index < -0.39 is 12.1 Å². The maximum absolute atomic E-state index is 12.4. The van der Waals surface area contributed by atoms with Crippen LogP contribution in [0.15, 0.2) is 29.6 Å². The lowest BCUT2D eigenvalue weighted by Gasteiger charge is -2.15. The molecule has 1 amide bonds. The van der Waals surface area contributed by atoms with E-state index in [2.05, 4.69) is 5.32 Å². The van der Waals surface area contributed by atoms with Crippen molar-refractivity contribution >= 4 is 28.9 Å². The number of fused-ring (bicyclic) bond motifs is 1. The maximum atomic E-state index is 12.4. The Morgan fingerprint density at radius 3 is 2.83 bits per heavy atom. The van der Waals surface area contributed by atoms with Crippen LogP contribution in [0.4, 0.5) is 5.69 Å². The second-order valence-corrected chi connectivity index (χ2v) is 7.13. The Morgan fingerprint density at radius 2 is 2.04 bits per heavy atom. The number of amides is 1. The molecule has 126 valence electrons. The third-order valence-corrected chi connectivity index (χ3v) is 5.31. The number of hydrogen-bond acceptors (Lipinski definition) is 4. The molecule has 1 atom stereocenters. The largest absolute Gasteiger partial charge is 0.449 e. The van der Waals surface area contributed by atoms with Crippen molar-refractivity contribution < 1.29 is 14.3 Å². The molecule has 0 fully saturated rings. The van der Waals surface area contributed by atoms with Crippen molar-refractivity contribution in [3.63, 3.8) is 0 Å². The van der Waals surface area contributed by atoms with E-state index >= 15 is 0 Å². The van der Waals surface area contributed by atoms with Gasteiger partial charge in [0.15, 0.2) is 6.10 Å². The van der Waals surface area contributed by atoms with Crippen molar-refractivity contribution in [3.8, 4) is 0 Å². The van der Waals surface area contributed by atoms with E-state index in [0.717, 1.165) is 30.4 Å². The number of aryl methyl sites for hydroxylation is 2. The fourth-order valence-corrected chi connectivity index (χ4v) is 4.02. The molecule has 1 N–H and O–H groups in total. The molecule has 0 saturated carbocycles. The summed E-state index contributed by atoms with van der Waals surface area (Å²) in [6.45, 7) is 3.56. The highest BCUT2D eigenvalue weighted by molar-refractivity contribution is 7.10. The minimum absolute atomic E-state index is 0.321. The molecule has 0 aliphatic heterocycles. The van der Waals surface area contributed by atoms with Gasteiger partial charge in [-0.05, 0) is 62.8 Å². The van der Waals surface area contributed by atoms with Gasteiger partial charge < -0.3 is 10.1 Å². The molecule has 1 aliphatic rings. The van der Waals surface area contributed by atoms with E-state index in [0.29, 0.717) is 11.3 Å². The molecule has 0 bridgehead atoms. The van der Waals surface area contributed by atoms with Crippen molar-refractivity contribution in [2.45, 2.75) is 45.6 Å². The molecule has 0 spiro atoms. The van der Waals surface area contributed by atoms with Gasteiger partial charge in [0.1, 0.15) is 0 Å². The number of anilines is 1. The lowest BCUT2D eigenvalue weighted by molar-refractivity contribution is -0.123. The molecule has 0 radical (unpaired) electrons. The SMILES string of the molecule is Cc1cccc(NC(=O)[C@H](C)OC(=O)c2csc3c2CCCC3)c1. The summed E-state index contributed by atoms with van der Waals surface area (Å²) in [7, 11) is 0. The summed E-state index contributed by atoms with van der Waals surface area (Å²) in [5.74, 6) is -0.723. The normalized spacial score (nSPS) is 14.6. The molecule has 1 aliphatic carbocycles. The molecule has 0 saturated heterocycles. The van der Waals surface area contributed by atoms with Crippen LogP contribution in [0.3, 0.4) is 0 Å². The van der Waals surface area contributed by atoms with Crippen molar-refractivity contribution in [1.29, 1.82) is 0 Å². The number of hydrogen-bond donors (Lipinski definition) is 1. The van der Waals surface area contributed by atoms with Gasteiger partial charge in [0.05, 0.1) is 5.56 Å². The fourth-order valence-electron chi connectivity index (χ4n) is 2.91. The summed E-state index contributed by atoms with van der Waals surface area (Å²) in [6, 6.07) is 7.52. The number of carbonyl (C=O) groups is 2. The van der Waals surface area contributed by atoms with Gasteiger partial charge in [-0.25, -0.2) is 4.79 Å². The molecule has 5 heteroatoms. The lowest BCUT2D eigenvalue weighted by Crippen LogP contribution is -2.30. The predicted octanol–water partition coefficient (Wildman–Crippen LogP) is 4.12. The smallest absolute Gasteiger partial charge is 0.340 e. The van der Waals surface area contributed by atoms with Gasteiger partial charge in [-0.2, -0.15) is 0 Å². The molecule has 1 aromatic carbocycles. The van der Waals surface area contributed by atoms with E-state index in [9.17, 15) is 9.59 Å². The Morgan fingerprint density at radius 1 is 1.25 bits per heavy atom. The lowest BCUT2D eigenvalue weighted by atomic mass is 9.96. The minimum atomic E-state index is -0.836. The van der Waals surface area contributed by atoms with Crippen molar-refractivity contribution in [2.75, 3.05) is 5.32 Å². The van der Waals surface area contributed by atoms with Crippen LogP contribution in [0, 0.1) is 6.92 Å². The molecule has 3 rings (SSSR count). The maximum Gasteiger partial charge on any atom is 0.340 e. The van der Waals surface area contributed by atoms with Crippen LogP contribution in [0.2, 0.25) is 0 Å². The van der Waals surface area contributed by atoms with Gasteiger partial charge in [-0.1, -0.05) is 12.1 Å². The first kappa shape index (κ1) is 16.7. The summed E-state index contributed by atoms with van der Waals surface area (Å²) < 4.78 is 5.38. The van der Waals surface area contributed by atoms with Gasteiger partial charge in [0.25, 0.3) is 5.91 Å². The Kier molecular flexibility index (Phi) is 5.00. The molecular weight excluding hydrogens is 322 g/mol. The average molecular weight is 343 g/mol. The molecule has 4 nitrogen and oxygen atoms in total. The zero-order valence-corrected chi connectivity index (χ0v) is 14.7. The standard InChI is InChI=1S/C19H21NO3S/c1-12-6-5-7-14(10-12)20-18(21)13(2)23-19(22)16-11-24-17-9-4-3-8-15(16)17/h5-7,10-11,13H,3-4,8-9H2,1-2H3,(H,20,21)/t13-/m0/s1. The molecule has 2 aromatic rings. The number of benzene rings is 1. The number of ether oxygens (including phenoxy) is 1. The van der Waals surface area contributed by atoms with Crippen molar-refractivity contribution in [2.24, 2.45) is 0 Å². The second-order valence-electron chi connectivity index (χ2n) is 6.16. The summed E-state index contributed by atoms with van der Waals surface area (Å²) in [4.78, 5) is 25.9. The number of nitrogens with one attached hydrogen (secondary N) is 1. The zero-order valence-electron chi connectivity index (χ0n) is 13.9. The minimum Gasteiger partial charge on any atom is -0.449 e. The summed E-state index contributed by atoms with van der Waals surface area (Å²) in [6.07, 6.45) is 3.41. The molecule has 1 heterocycles. The first-order chi connectivity index (χ1) is 11.5. The monoisotopic (exact) mass is 343 g/mol. The van der Waals surface area contributed by atoms with Gasteiger partial charge >= 0.3 is 5.97 Å². The van der Waals surface area contributed by atoms with Gasteiger partial charge in [0.2, 0.25) is 0 Å². The van der Waals surface area contributed by atoms with Crippen LogP contribution in [0.1, 0.15) is 46.1 Å². The first-order valence-electron chi connectivity index (χ1n) is 8.22. The number of esters is 1. The molecule has 0 unspecified atom stereocenters. The van der Waals surface area contributed by atoms with Crippen LogP contribution < -0.4 is 5.32 Å². The third-order valence-electron chi connectivity index (χ3n) is 4.22. The molecular formula is C19H21NO3S. The Balaban J connectivity index is 1.63. The van der Waals surface area contributed by atoms with Crippen LogP contribution in [-0.2, 0) is 22.4 Å². The number of carbonyl (C=O) groups excluding carboxylic acids is 2. The second kappa shape index (κ2) is 7.18. The van der Waals surface area contributed by atoms with Gasteiger partial charge in [-0.3, -0.25) is 4.79 Å². The predicted molar refractivity (Wildman–Crippen MR) is 95.6 cm³/mol. The molecule has 24 heavy (non-hydrogen) atoms. The quantitative estimate of drug-likeness (QED) is 0.850. The van der Waals surface area contributed by atoms with Gasteiger partial charge in [-0.15, -0.1) is 11.3 Å². The summed E-state index contributed by atoms with van der Waals surface area (Å²) in [5, 5.41) is 4.65. The first-order valence-corrected chi connectivity index (χ1v) is 9.10. The topological polar surface area (TPSA) is 55.4 Å². The summed E-state index contributed by atoms with van der Waals surface area (Å²) in [5.41, 5.74) is 3.51. The number of thiophene rings is 1. The van der Waals surface area contributed by atoms with Crippen LogP contribution in [0.25, 0.3) is 0 Å². The van der Waals surface area contributed by atoms with Crippen LogP contribution in [0.5, 0.6) is 0 Å². The van der Waals surface area contributed by atoms with Crippen molar-refractivity contribution in [1.82, 2.24) is 0 Å². The van der Waals surface area contributed by atoms with E-state index in [1.807, 2.05) is 36.6 Å². The highest BCUT2D eigenvalue weighted by Crippen LogP contribution is 2.30. The van der Waals surface area contributed by atoms with Crippen LogP contribution in [-0.4, -0.2) is 18.0 Å². The Labute approximate surface area is 145 Å². The van der Waals surface area contributed by atoms with Crippen molar-refractivity contribution in [3.05, 3.63) is 51.2 Å². The number of rotatable bonds is 4. The van der Waals surface area contributed by atoms with E-state index in [1.165, 1.54) is 11.3 Å². The zero-order chi connectivity index (χ0) is 17.1. The van der Waals surface area contributed by atoms with E-state index in [-0.39, 0.29) is 5.91 Å². The fraction of sp³-hybridized carbons (Fsp3) is 0.368. The molecule has 1 aromatic heterocycles. The Bertz CT molecular complexity index is 766.